The topological polar surface area (TPSA) is 69.7 Å². The maximum absolute atomic E-state index is 12.1. The number of amides is 1. The number of hydrogen-bond donors (Lipinski definition) is 1. The molecule has 0 spiro atoms. The van der Waals surface area contributed by atoms with Crippen LogP contribution in [0.15, 0.2) is 66.9 Å². The van der Waals surface area contributed by atoms with Crippen LogP contribution in [0.2, 0.25) is 0 Å². The first-order valence-electron chi connectivity index (χ1n) is 8.40. The van der Waals surface area contributed by atoms with E-state index < -0.39 is 0 Å². The van der Waals surface area contributed by atoms with Crippen LogP contribution in [-0.2, 0) is 4.79 Å². The van der Waals surface area contributed by atoms with E-state index in [1.807, 2.05) is 37.3 Å². The van der Waals surface area contributed by atoms with Gasteiger partial charge in [0.15, 0.2) is 6.61 Å². The molecule has 0 aliphatic rings. The van der Waals surface area contributed by atoms with Crippen LogP contribution in [0, 0.1) is 6.92 Å². The molecule has 0 aliphatic heterocycles. The number of methoxy groups -OCH3 is 1. The Morgan fingerprint density at radius 1 is 1.04 bits per heavy atom. The number of benzene rings is 2. The molecule has 0 bridgehead atoms. The van der Waals surface area contributed by atoms with Crippen molar-refractivity contribution in [3.63, 3.8) is 0 Å². The van der Waals surface area contributed by atoms with E-state index in [9.17, 15) is 4.79 Å². The zero-order valence-corrected chi connectivity index (χ0v) is 15.1. The molecule has 1 amide bonds. The van der Waals surface area contributed by atoms with Crippen LogP contribution >= 0.6 is 0 Å². The molecule has 0 saturated heterocycles. The third-order valence-corrected chi connectivity index (χ3v) is 3.68. The first-order chi connectivity index (χ1) is 13.1. The van der Waals surface area contributed by atoms with Crippen LogP contribution in [0.1, 0.15) is 5.56 Å². The molecule has 0 aliphatic carbocycles. The lowest BCUT2D eigenvalue weighted by Crippen LogP contribution is -2.20. The molecule has 6 nitrogen and oxygen atoms in total. The van der Waals surface area contributed by atoms with E-state index in [1.165, 1.54) is 0 Å². The van der Waals surface area contributed by atoms with Crippen LogP contribution in [0.3, 0.4) is 0 Å². The second-order valence-electron chi connectivity index (χ2n) is 5.78. The molecule has 1 N–H and O–H groups in total. The fourth-order valence-corrected chi connectivity index (χ4v) is 2.39. The average molecular weight is 364 g/mol. The summed E-state index contributed by atoms with van der Waals surface area (Å²) in [6, 6.07) is 18.0. The molecule has 0 radical (unpaired) electrons. The van der Waals surface area contributed by atoms with Crippen molar-refractivity contribution in [1.82, 2.24) is 4.98 Å². The second kappa shape index (κ2) is 8.71. The monoisotopic (exact) mass is 364 g/mol. The summed E-state index contributed by atoms with van der Waals surface area (Å²) in [7, 11) is 1.56. The number of nitrogens with one attached hydrogen (secondary N) is 1. The highest BCUT2D eigenvalue weighted by Crippen LogP contribution is 2.25. The number of carbonyl (C=O) groups is 1. The molecule has 2 aromatic carbocycles. The minimum Gasteiger partial charge on any atom is -0.495 e. The highest BCUT2D eigenvalue weighted by molar-refractivity contribution is 5.93. The minimum absolute atomic E-state index is 0.114. The van der Waals surface area contributed by atoms with E-state index in [2.05, 4.69) is 10.3 Å². The van der Waals surface area contributed by atoms with E-state index in [0.717, 1.165) is 5.56 Å². The van der Waals surface area contributed by atoms with E-state index in [-0.39, 0.29) is 12.5 Å². The van der Waals surface area contributed by atoms with E-state index in [4.69, 9.17) is 14.2 Å². The van der Waals surface area contributed by atoms with Gasteiger partial charge in [0.05, 0.1) is 12.8 Å². The predicted molar refractivity (Wildman–Crippen MR) is 103 cm³/mol. The maximum Gasteiger partial charge on any atom is 0.262 e. The van der Waals surface area contributed by atoms with Crippen LogP contribution in [0.5, 0.6) is 23.1 Å². The molecule has 0 unspecified atom stereocenters. The fourth-order valence-electron chi connectivity index (χ4n) is 2.39. The third-order valence-electron chi connectivity index (χ3n) is 3.68. The number of aryl methyl sites for hydroxylation is 1. The molecule has 1 aromatic heterocycles. The quantitative estimate of drug-likeness (QED) is 0.680. The number of nitrogens with zero attached hydrogens (tertiary/aromatic N) is 1. The summed E-state index contributed by atoms with van der Waals surface area (Å²) in [6.45, 7) is 1.83. The van der Waals surface area contributed by atoms with Crippen molar-refractivity contribution < 1.29 is 19.0 Å². The summed E-state index contributed by atoms with van der Waals surface area (Å²) < 4.78 is 16.4. The third kappa shape index (κ3) is 5.22. The average Bonchev–Trinajstić information content (AvgIpc) is 2.68. The van der Waals surface area contributed by atoms with Crippen LogP contribution in [0.4, 0.5) is 5.69 Å². The van der Waals surface area contributed by atoms with E-state index in [1.54, 1.807) is 43.6 Å². The van der Waals surface area contributed by atoms with Crippen molar-refractivity contribution in [2.45, 2.75) is 6.92 Å². The Bertz CT molecular complexity index is 896. The maximum atomic E-state index is 12.1. The van der Waals surface area contributed by atoms with Crippen molar-refractivity contribution in [1.29, 1.82) is 0 Å². The first kappa shape index (κ1) is 18.3. The summed E-state index contributed by atoms with van der Waals surface area (Å²) in [5.41, 5.74) is 1.64. The van der Waals surface area contributed by atoms with Gasteiger partial charge in [0, 0.05) is 12.3 Å². The highest BCUT2D eigenvalue weighted by Gasteiger charge is 2.09. The van der Waals surface area contributed by atoms with Gasteiger partial charge in [-0.2, -0.15) is 0 Å². The number of hydrogen-bond acceptors (Lipinski definition) is 5. The smallest absolute Gasteiger partial charge is 0.262 e. The van der Waals surface area contributed by atoms with Crippen LogP contribution < -0.4 is 19.5 Å². The molecule has 1 heterocycles. The Hall–Kier alpha value is -3.54. The zero-order chi connectivity index (χ0) is 19.1. The molecule has 138 valence electrons. The lowest BCUT2D eigenvalue weighted by atomic mass is 10.2. The van der Waals surface area contributed by atoms with Crippen LogP contribution in [0.25, 0.3) is 0 Å². The van der Waals surface area contributed by atoms with Crippen LogP contribution in [-0.4, -0.2) is 24.6 Å². The van der Waals surface area contributed by atoms with Crippen molar-refractivity contribution in [2.75, 3.05) is 19.0 Å². The van der Waals surface area contributed by atoms with Crippen molar-refractivity contribution in [3.05, 3.63) is 72.4 Å². The Balaban J connectivity index is 1.54. The van der Waals surface area contributed by atoms with Gasteiger partial charge in [-0.25, -0.2) is 4.98 Å². The van der Waals surface area contributed by atoms with Crippen molar-refractivity contribution >= 4 is 11.6 Å². The molecular weight excluding hydrogens is 344 g/mol. The summed E-state index contributed by atoms with van der Waals surface area (Å²) in [5.74, 6) is 2.04. The number of ether oxygens (including phenoxy) is 3. The molecular formula is C21H20N2O4. The van der Waals surface area contributed by atoms with Gasteiger partial charge in [0.2, 0.25) is 5.88 Å². The molecule has 0 atom stereocenters. The summed E-state index contributed by atoms with van der Waals surface area (Å²) in [6.07, 6.45) is 1.66. The van der Waals surface area contributed by atoms with Gasteiger partial charge < -0.3 is 19.5 Å². The van der Waals surface area contributed by atoms with Gasteiger partial charge in [-0.05, 0) is 55.0 Å². The molecule has 3 aromatic rings. The highest BCUT2D eigenvalue weighted by atomic mass is 16.5. The van der Waals surface area contributed by atoms with Gasteiger partial charge in [-0.15, -0.1) is 0 Å². The van der Waals surface area contributed by atoms with E-state index in [0.29, 0.717) is 28.8 Å². The fraction of sp³-hybridized carbons (Fsp3) is 0.143. The molecule has 3 rings (SSSR count). The van der Waals surface area contributed by atoms with Gasteiger partial charge in [-0.3, -0.25) is 4.79 Å². The summed E-state index contributed by atoms with van der Waals surface area (Å²) in [4.78, 5) is 16.2. The van der Waals surface area contributed by atoms with Gasteiger partial charge in [0.25, 0.3) is 5.91 Å². The Morgan fingerprint density at radius 3 is 2.52 bits per heavy atom. The Labute approximate surface area is 157 Å². The molecule has 0 saturated carbocycles. The standard InChI is InChI=1S/C21H20N2O4/c1-15-6-11-19(25-2)18(13-15)23-20(24)14-26-16-7-9-17(10-8-16)27-21-5-3-4-12-22-21/h3-13H,14H2,1-2H3,(H,23,24). The van der Waals surface area contributed by atoms with Gasteiger partial charge >= 0.3 is 0 Å². The Morgan fingerprint density at radius 2 is 1.81 bits per heavy atom. The van der Waals surface area contributed by atoms with Gasteiger partial charge in [0.1, 0.15) is 17.2 Å². The molecule has 0 fully saturated rings. The number of pyridine rings is 1. The SMILES string of the molecule is COc1ccc(C)cc1NC(=O)COc1ccc(Oc2ccccn2)cc1. The minimum atomic E-state index is -0.271. The number of aromatic nitrogens is 1. The summed E-state index contributed by atoms with van der Waals surface area (Å²) >= 11 is 0. The van der Waals surface area contributed by atoms with Gasteiger partial charge in [-0.1, -0.05) is 12.1 Å². The Kier molecular flexibility index (Phi) is 5.89. The lowest BCUT2D eigenvalue weighted by Gasteiger charge is -2.12. The zero-order valence-electron chi connectivity index (χ0n) is 15.1. The normalized spacial score (nSPS) is 10.1. The molecule has 6 heteroatoms. The van der Waals surface area contributed by atoms with Crippen molar-refractivity contribution in [3.8, 4) is 23.1 Å². The number of carbonyl (C=O) groups excluding carboxylic acids is 1. The predicted octanol–water partition coefficient (Wildman–Crippen LogP) is 4.21. The lowest BCUT2D eigenvalue weighted by molar-refractivity contribution is -0.118. The molecule has 27 heavy (non-hydrogen) atoms. The largest absolute Gasteiger partial charge is 0.495 e. The first-order valence-corrected chi connectivity index (χ1v) is 8.40. The van der Waals surface area contributed by atoms with E-state index >= 15 is 0 Å². The summed E-state index contributed by atoms with van der Waals surface area (Å²) in [5, 5.41) is 2.79. The second-order valence-corrected chi connectivity index (χ2v) is 5.78. The van der Waals surface area contributed by atoms with Crippen molar-refractivity contribution in [2.24, 2.45) is 0 Å². The number of rotatable bonds is 7. The number of anilines is 1.